The van der Waals surface area contributed by atoms with E-state index in [2.05, 4.69) is 0 Å². The van der Waals surface area contributed by atoms with Crippen molar-refractivity contribution in [3.63, 3.8) is 0 Å². The quantitative estimate of drug-likeness (QED) is 0.119. The number of carbonyl (C=O) groups excluding carboxylic acids is 4. The molecule has 15 heteroatoms. The third-order valence-electron chi connectivity index (χ3n) is 9.31. The molecule has 2 aliphatic carbocycles. The molecule has 6 atom stereocenters. The normalized spacial score (nSPS) is 30.8. The van der Waals surface area contributed by atoms with E-state index >= 15 is 8.78 Å². The van der Waals surface area contributed by atoms with Crippen LogP contribution in [0.4, 0.5) is 27.6 Å². The van der Waals surface area contributed by atoms with Gasteiger partial charge in [-0.25, -0.2) is 26.9 Å². The van der Waals surface area contributed by atoms with Crippen molar-refractivity contribution in [1.29, 1.82) is 0 Å². The van der Waals surface area contributed by atoms with Crippen molar-refractivity contribution in [3.05, 3.63) is 64.5 Å². The van der Waals surface area contributed by atoms with E-state index in [1.807, 2.05) is 0 Å². The molecule has 4 amide bonds. The van der Waals surface area contributed by atoms with Crippen molar-refractivity contribution in [2.24, 2.45) is 17.8 Å². The van der Waals surface area contributed by atoms with Crippen LogP contribution in [-0.4, -0.2) is 57.0 Å². The molecular formula is C30H23Cl2F5N2O6. The van der Waals surface area contributed by atoms with E-state index < -0.39 is 104 Å². The van der Waals surface area contributed by atoms with Crippen LogP contribution in [0.5, 0.6) is 11.5 Å². The summed E-state index contributed by atoms with van der Waals surface area (Å²) in [6.07, 6.45) is 1.36. The minimum absolute atomic E-state index is 0.000550. The minimum atomic E-state index is -2.76. The number of allylic oxidation sites excluding steroid dienone is 2. The van der Waals surface area contributed by atoms with Crippen LogP contribution in [-0.2, 0) is 19.2 Å². The Labute approximate surface area is 262 Å². The second kappa shape index (κ2) is 10.4. The molecule has 2 aliphatic heterocycles. The first-order valence-electron chi connectivity index (χ1n) is 13.9. The Balaban J connectivity index is 1.63. The molecule has 2 aromatic carbocycles. The van der Waals surface area contributed by atoms with Gasteiger partial charge in [0.1, 0.15) is 17.2 Å². The highest BCUT2D eigenvalue weighted by Gasteiger charge is 2.77. The van der Waals surface area contributed by atoms with E-state index in [0.717, 1.165) is 4.90 Å². The van der Waals surface area contributed by atoms with E-state index in [1.165, 1.54) is 25.3 Å². The zero-order valence-corrected chi connectivity index (χ0v) is 25.0. The van der Waals surface area contributed by atoms with Gasteiger partial charge in [-0.2, -0.15) is 0 Å². The van der Waals surface area contributed by atoms with Crippen LogP contribution in [0.25, 0.3) is 0 Å². The first kappa shape index (κ1) is 31.3. The number of hydrogen-bond acceptors (Lipinski definition) is 6. The summed E-state index contributed by atoms with van der Waals surface area (Å²) in [5, 5.41) is 11.1. The first-order chi connectivity index (χ1) is 21.2. The summed E-state index contributed by atoms with van der Waals surface area (Å²) in [6, 6.07) is 3.99. The summed E-state index contributed by atoms with van der Waals surface area (Å²) in [5.41, 5.74) is -1.85. The second-order valence-corrected chi connectivity index (χ2v) is 12.7. The molecule has 4 aliphatic rings. The maximum Gasteiger partial charge on any atom is 0.258 e. The van der Waals surface area contributed by atoms with Crippen LogP contribution >= 0.6 is 23.2 Å². The highest BCUT2D eigenvalue weighted by molar-refractivity contribution is 6.58. The molecule has 1 N–H and O–H groups in total. The van der Waals surface area contributed by atoms with Gasteiger partial charge in [0.25, 0.3) is 11.8 Å². The van der Waals surface area contributed by atoms with Crippen LogP contribution in [0.15, 0.2) is 29.8 Å². The monoisotopic (exact) mass is 672 g/mol. The summed E-state index contributed by atoms with van der Waals surface area (Å²) < 4.78 is 78.2. The van der Waals surface area contributed by atoms with Gasteiger partial charge in [-0.05, 0) is 37.3 Å². The van der Waals surface area contributed by atoms with Crippen molar-refractivity contribution < 1.29 is 51.0 Å². The third-order valence-corrected chi connectivity index (χ3v) is 10.7. The Hall–Kier alpha value is -3.71. The van der Waals surface area contributed by atoms with Gasteiger partial charge in [0.05, 0.1) is 18.9 Å². The van der Waals surface area contributed by atoms with Crippen LogP contribution in [0.3, 0.4) is 0 Å². The van der Waals surface area contributed by atoms with Gasteiger partial charge in [0, 0.05) is 18.0 Å². The Morgan fingerprint density at radius 3 is 2.16 bits per heavy atom. The fourth-order valence-electron chi connectivity index (χ4n) is 7.39. The fourth-order valence-corrected chi connectivity index (χ4v) is 8.31. The maximum absolute atomic E-state index is 15.1. The van der Waals surface area contributed by atoms with Gasteiger partial charge >= 0.3 is 0 Å². The molecular weight excluding hydrogens is 650 g/mol. The number of rotatable bonds is 5. The average Bonchev–Trinajstić information content (AvgIpc) is 3.34. The predicted molar refractivity (Wildman–Crippen MR) is 148 cm³/mol. The third kappa shape index (κ3) is 3.82. The number of imide groups is 2. The molecule has 3 fully saturated rings. The van der Waals surface area contributed by atoms with Crippen molar-refractivity contribution in [2.45, 2.75) is 41.9 Å². The number of likely N-dealkylation sites (tertiary alicyclic amines) is 1. The molecule has 6 rings (SSSR count). The minimum Gasteiger partial charge on any atom is -0.508 e. The SMILES string of the molecule is CCCN1C(=O)C2CC=C3C(CC4(Cl)C(=O)N(c5c(F)c(F)c(F)c(F)c5F)C(=O)C4(Cl)C3c3c(O)cccc3OC)C2C1=O. The number of benzene rings is 2. The number of methoxy groups -OCH3 is 1. The molecule has 8 nitrogen and oxygen atoms in total. The highest BCUT2D eigenvalue weighted by Crippen LogP contribution is 2.67. The van der Waals surface area contributed by atoms with Gasteiger partial charge in [0.2, 0.25) is 17.6 Å². The number of hydrogen-bond donors (Lipinski definition) is 1. The summed E-state index contributed by atoms with van der Waals surface area (Å²) in [6.45, 7) is 1.88. The summed E-state index contributed by atoms with van der Waals surface area (Å²) in [5.74, 6) is -21.8. The van der Waals surface area contributed by atoms with Crippen LogP contribution in [0, 0.1) is 46.8 Å². The number of aromatic hydroxyl groups is 1. The molecule has 0 aromatic heterocycles. The molecule has 2 aromatic rings. The highest BCUT2D eigenvalue weighted by atomic mass is 35.5. The smallest absolute Gasteiger partial charge is 0.258 e. The zero-order chi connectivity index (χ0) is 32.9. The predicted octanol–water partition coefficient (Wildman–Crippen LogP) is 5.07. The number of phenols is 1. The molecule has 1 saturated carbocycles. The van der Waals surface area contributed by atoms with Gasteiger partial charge in [-0.1, -0.05) is 24.6 Å². The van der Waals surface area contributed by atoms with E-state index in [1.54, 1.807) is 13.0 Å². The Morgan fingerprint density at radius 2 is 1.56 bits per heavy atom. The second-order valence-electron chi connectivity index (χ2n) is 11.4. The number of halogens is 7. The zero-order valence-electron chi connectivity index (χ0n) is 23.5. The molecule has 0 radical (unpaired) electrons. The number of phenolic OH excluding ortho intramolecular Hbond substituents is 1. The molecule has 2 heterocycles. The number of alkyl halides is 2. The number of fused-ring (bicyclic) bond motifs is 4. The Bertz CT molecular complexity index is 1730. The molecule has 6 unspecified atom stereocenters. The fraction of sp³-hybridized carbons (Fsp3) is 0.400. The molecule has 238 valence electrons. The molecule has 0 spiro atoms. The standard InChI is InChI=1S/C30H23Cl2F5N2O6/c1-3-9-38-25(41)12-8-7-11-13(16(12)26(38)42)10-29(31)27(43)39(24-22(36)20(34)19(33)21(35)23(24)37)28(44)30(29,32)18(11)17-14(40)5-4-6-15(17)45-2/h4-7,12-13,16,18,40H,3,8-10H2,1-2H3. The van der Waals surface area contributed by atoms with Crippen molar-refractivity contribution in [2.75, 3.05) is 18.6 Å². The van der Waals surface area contributed by atoms with E-state index in [9.17, 15) is 37.5 Å². The summed E-state index contributed by atoms with van der Waals surface area (Å²) >= 11 is 14.1. The van der Waals surface area contributed by atoms with Gasteiger partial charge in [-0.15, -0.1) is 23.2 Å². The van der Waals surface area contributed by atoms with Crippen LogP contribution in [0.1, 0.15) is 37.7 Å². The first-order valence-corrected chi connectivity index (χ1v) is 14.6. The van der Waals surface area contributed by atoms with Crippen molar-refractivity contribution in [1.82, 2.24) is 4.90 Å². The lowest BCUT2D eigenvalue weighted by Gasteiger charge is -2.50. The summed E-state index contributed by atoms with van der Waals surface area (Å²) in [4.78, 5) is 50.7. The van der Waals surface area contributed by atoms with Crippen LogP contribution in [0.2, 0.25) is 0 Å². The van der Waals surface area contributed by atoms with Gasteiger partial charge in [-0.3, -0.25) is 24.1 Å². The lowest BCUT2D eigenvalue weighted by Crippen LogP contribution is -2.60. The number of amides is 4. The molecule has 0 bridgehead atoms. The largest absolute Gasteiger partial charge is 0.508 e. The van der Waals surface area contributed by atoms with E-state index in [4.69, 9.17) is 27.9 Å². The molecule has 45 heavy (non-hydrogen) atoms. The summed E-state index contributed by atoms with van der Waals surface area (Å²) in [7, 11) is 1.23. The van der Waals surface area contributed by atoms with E-state index in [0.29, 0.717) is 6.42 Å². The number of anilines is 1. The lowest BCUT2D eigenvalue weighted by atomic mass is 9.56. The molecule has 2 saturated heterocycles. The average molecular weight is 673 g/mol. The number of carbonyl (C=O) groups is 4. The number of nitrogens with zero attached hydrogens (tertiary/aromatic N) is 2. The topological polar surface area (TPSA) is 104 Å². The Kier molecular flexibility index (Phi) is 7.24. The number of ether oxygens (including phenoxy) is 1. The van der Waals surface area contributed by atoms with Crippen LogP contribution < -0.4 is 9.64 Å². The van der Waals surface area contributed by atoms with Crippen molar-refractivity contribution in [3.8, 4) is 11.5 Å². The lowest BCUT2D eigenvalue weighted by molar-refractivity contribution is -0.140. The van der Waals surface area contributed by atoms with E-state index in [-0.39, 0.29) is 34.8 Å². The van der Waals surface area contributed by atoms with Gasteiger partial charge < -0.3 is 9.84 Å². The maximum atomic E-state index is 15.1. The van der Waals surface area contributed by atoms with Gasteiger partial charge in [0.15, 0.2) is 33.0 Å². The van der Waals surface area contributed by atoms with Crippen molar-refractivity contribution >= 4 is 52.5 Å². The Morgan fingerprint density at radius 1 is 0.933 bits per heavy atom.